The van der Waals surface area contributed by atoms with Crippen molar-refractivity contribution < 1.29 is 0 Å². The van der Waals surface area contributed by atoms with Gasteiger partial charge < -0.3 is 4.90 Å². The van der Waals surface area contributed by atoms with Crippen LogP contribution < -0.4 is 4.90 Å². The summed E-state index contributed by atoms with van der Waals surface area (Å²) < 4.78 is 0. The van der Waals surface area contributed by atoms with Gasteiger partial charge in [0.25, 0.3) is 0 Å². The van der Waals surface area contributed by atoms with Crippen LogP contribution in [0.25, 0.3) is 0 Å². The Morgan fingerprint density at radius 2 is 0.658 bits per heavy atom. The van der Waals surface area contributed by atoms with Crippen LogP contribution in [0.1, 0.15) is 122 Å². The number of rotatable bonds is 3. The number of anilines is 3. The molecule has 3 rings (SSSR count). The van der Waals surface area contributed by atoms with E-state index in [0.717, 1.165) is 0 Å². The minimum absolute atomic E-state index is 0.0445. The van der Waals surface area contributed by atoms with Crippen LogP contribution in [0.4, 0.5) is 17.1 Å². The first-order valence-corrected chi connectivity index (χ1v) is 14.3. The predicted octanol–water partition coefficient (Wildman–Crippen LogP) is 11.3. The highest BCUT2D eigenvalue weighted by Crippen LogP contribution is 2.44. The lowest BCUT2D eigenvalue weighted by Gasteiger charge is -2.35. The first-order chi connectivity index (χ1) is 17.1. The normalized spacial score (nSPS) is 13.1. The molecule has 0 unspecified atom stereocenters. The van der Waals surface area contributed by atoms with Crippen molar-refractivity contribution in [2.75, 3.05) is 4.90 Å². The van der Waals surface area contributed by atoms with Gasteiger partial charge in [-0.1, -0.05) is 113 Å². The molecule has 38 heavy (non-hydrogen) atoms. The van der Waals surface area contributed by atoms with E-state index in [1.807, 2.05) is 0 Å². The zero-order valence-corrected chi connectivity index (χ0v) is 27.1. The van der Waals surface area contributed by atoms with Crippen LogP contribution in [-0.2, 0) is 21.7 Å². The lowest BCUT2D eigenvalue weighted by Crippen LogP contribution is -2.22. The summed E-state index contributed by atoms with van der Waals surface area (Å²) in [5.41, 5.74) is 13.3. The van der Waals surface area contributed by atoms with Gasteiger partial charge in [-0.15, -0.1) is 0 Å². The van der Waals surface area contributed by atoms with E-state index in [0.29, 0.717) is 0 Å². The smallest absolute Gasteiger partial charge is 0.0520 e. The molecular formula is C37H53N. The molecular weight excluding hydrogens is 458 g/mol. The van der Waals surface area contributed by atoms with Crippen LogP contribution in [0.5, 0.6) is 0 Å². The Bertz CT molecular complexity index is 1150. The van der Waals surface area contributed by atoms with E-state index in [9.17, 15) is 0 Å². The average Bonchev–Trinajstić information content (AvgIpc) is 2.73. The van der Waals surface area contributed by atoms with Gasteiger partial charge in [0.05, 0.1) is 5.69 Å². The Labute approximate surface area is 234 Å². The van der Waals surface area contributed by atoms with E-state index in [2.05, 4.69) is 157 Å². The molecule has 0 amide bonds. The monoisotopic (exact) mass is 511 g/mol. The summed E-state index contributed by atoms with van der Waals surface area (Å²) >= 11 is 0. The summed E-state index contributed by atoms with van der Waals surface area (Å²) in [7, 11) is 0. The summed E-state index contributed by atoms with van der Waals surface area (Å²) in [6, 6.07) is 19.2. The Balaban J connectivity index is 2.52. The molecule has 206 valence electrons. The lowest BCUT2D eigenvalue weighted by atomic mass is 9.79. The second-order valence-corrected chi connectivity index (χ2v) is 15.6. The molecule has 0 saturated heterocycles. The van der Waals surface area contributed by atoms with E-state index >= 15 is 0 Å². The van der Waals surface area contributed by atoms with E-state index < -0.39 is 0 Å². The van der Waals surface area contributed by atoms with Crippen molar-refractivity contribution in [3.8, 4) is 0 Å². The SMILES string of the molecule is Cc1cc(C)c(N(c2cc(C(C)(C)C)cc(C(C)(C)C)c2)c2cc(C(C)(C)C)cc(C(C)(C)C)c2)c(C)c1. The standard InChI is InChI=1S/C37H53N/c1-24-16-25(2)33(26(3)17-24)38(31-20-27(34(4,5)6)18-28(21-31)35(7,8)9)32-22-29(36(10,11)12)19-30(23-32)37(13,14)15/h16-23H,1-15H3. The molecule has 0 radical (unpaired) electrons. The summed E-state index contributed by atoms with van der Waals surface area (Å²) in [4.78, 5) is 2.54. The Kier molecular flexibility index (Phi) is 7.81. The van der Waals surface area contributed by atoms with Crippen molar-refractivity contribution in [3.63, 3.8) is 0 Å². The molecule has 0 aromatic heterocycles. The van der Waals surface area contributed by atoms with Crippen LogP contribution in [-0.4, -0.2) is 0 Å². The van der Waals surface area contributed by atoms with Gasteiger partial charge in [-0.3, -0.25) is 0 Å². The third-order valence-electron chi connectivity index (χ3n) is 7.68. The number of nitrogens with zero attached hydrogens (tertiary/aromatic N) is 1. The maximum Gasteiger partial charge on any atom is 0.0520 e. The molecule has 3 aromatic carbocycles. The van der Waals surface area contributed by atoms with Gasteiger partial charge in [-0.25, -0.2) is 0 Å². The molecule has 0 aliphatic heterocycles. The third kappa shape index (κ3) is 6.53. The van der Waals surface area contributed by atoms with Gasteiger partial charge in [0.15, 0.2) is 0 Å². The van der Waals surface area contributed by atoms with E-state index in [-0.39, 0.29) is 21.7 Å². The van der Waals surface area contributed by atoms with Crippen LogP contribution in [0.3, 0.4) is 0 Å². The topological polar surface area (TPSA) is 3.24 Å². The molecule has 0 aliphatic rings. The molecule has 1 heteroatoms. The van der Waals surface area contributed by atoms with Gasteiger partial charge in [-0.05, 0) is 100 Å². The maximum atomic E-state index is 2.54. The van der Waals surface area contributed by atoms with E-state index in [4.69, 9.17) is 0 Å². The van der Waals surface area contributed by atoms with Crippen LogP contribution in [0.15, 0.2) is 48.5 Å². The maximum absolute atomic E-state index is 2.54. The van der Waals surface area contributed by atoms with Crippen molar-refractivity contribution >= 4 is 17.1 Å². The minimum atomic E-state index is 0.0445. The van der Waals surface area contributed by atoms with Gasteiger partial charge in [0, 0.05) is 11.4 Å². The molecule has 0 N–H and O–H groups in total. The van der Waals surface area contributed by atoms with Crippen molar-refractivity contribution in [3.05, 3.63) is 87.5 Å². The van der Waals surface area contributed by atoms with Gasteiger partial charge in [0.1, 0.15) is 0 Å². The van der Waals surface area contributed by atoms with Gasteiger partial charge >= 0.3 is 0 Å². The highest BCUT2D eigenvalue weighted by atomic mass is 15.1. The zero-order valence-electron chi connectivity index (χ0n) is 27.1. The highest BCUT2D eigenvalue weighted by molar-refractivity contribution is 5.82. The molecule has 3 aromatic rings. The Morgan fingerprint density at radius 1 is 0.395 bits per heavy atom. The fourth-order valence-electron chi connectivity index (χ4n) is 5.14. The summed E-state index contributed by atoms with van der Waals surface area (Å²) in [5, 5.41) is 0. The molecule has 1 nitrogen and oxygen atoms in total. The van der Waals surface area contributed by atoms with Crippen LogP contribution in [0.2, 0.25) is 0 Å². The molecule has 0 fully saturated rings. The number of hydrogen-bond donors (Lipinski definition) is 0. The number of aryl methyl sites for hydroxylation is 3. The third-order valence-corrected chi connectivity index (χ3v) is 7.68. The second kappa shape index (κ2) is 9.89. The summed E-state index contributed by atoms with van der Waals surface area (Å²) in [6.07, 6.45) is 0. The zero-order chi connectivity index (χ0) is 29.0. The van der Waals surface area contributed by atoms with Gasteiger partial charge in [0.2, 0.25) is 0 Å². The minimum Gasteiger partial charge on any atom is -0.310 e. The molecule has 0 bridgehead atoms. The molecule has 0 atom stereocenters. The fourth-order valence-corrected chi connectivity index (χ4v) is 5.14. The van der Waals surface area contributed by atoms with E-state index in [1.165, 1.54) is 56.0 Å². The van der Waals surface area contributed by atoms with Crippen molar-refractivity contribution in [2.45, 2.75) is 126 Å². The van der Waals surface area contributed by atoms with Crippen LogP contribution in [0, 0.1) is 20.8 Å². The lowest BCUT2D eigenvalue weighted by molar-refractivity contribution is 0.568. The predicted molar refractivity (Wildman–Crippen MR) is 170 cm³/mol. The Morgan fingerprint density at radius 3 is 0.895 bits per heavy atom. The average molecular weight is 512 g/mol. The largest absolute Gasteiger partial charge is 0.310 e. The van der Waals surface area contributed by atoms with Gasteiger partial charge in [-0.2, -0.15) is 0 Å². The van der Waals surface area contributed by atoms with Crippen molar-refractivity contribution in [2.24, 2.45) is 0 Å². The quantitative estimate of drug-likeness (QED) is 0.338. The summed E-state index contributed by atoms with van der Waals surface area (Å²) in [6.45, 7) is 34.6. The molecule has 0 aliphatic carbocycles. The van der Waals surface area contributed by atoms with Crippen LogP contribution >= 0.6 is 0 Å². The number of hydrogen-bond acceptors (Lipinski definition) is 1. The molecule has 0 heterocycles. The highest BCUT2D eigenvalue weighted by Gasteiger charge is 2.27. The second-order valence-electron chi connectivity index (χ2n) is 15.6. The van der Waals surface area contributed by atoms with Crippen molar-refractivity contribution in [1.82, 2.24) is 0 Å². The van der Waals surface area contributed by atoms with Crippen molar-refractivity contribution in [1.29, 1.82) is 0 Å². The Hall–Kier alpha value is -2.54. The van der Waals surface area contributed by atoms with E-state index in [1.54, 1.807) is 0 Å². The summed E-state index contributed by atoms with van der Waals surface area (Å²) in [5.74, 6) is 0. The molecule has 0 saturated carbocycles. The number of benzene rings is 3. The fraction of sp³-hybridized carbons (Fsp3) is 0.514. The first-order valence-electron chi connectivity index (χ1n) is 14.3. The first kappa shape index (κ1) is 30.0. The molecule has 0 spiro atoms.